The first-order valence-corrected chi connectivity index (χ1v) is 9.83. The molecule has 0 bridgehead atoms. The van der Waals surface area contributed by atoms with Crippen molar-refractivity contribution in [2.75, 3.05) is 17.7 Å². The van der Waals surface area contributed by atoms with E-state index in [4.69, 9.17) is 4.99 Å². The lowest BCUT2D eigenvalue weighted by atomic mass is 10.2. The maximum atomic E-state index is 12.3. The highest BCUT2D eigenvalue weighted by Crippen LogP contribution is 2.31. The van der Waals surface area contributed by atoms with Crippen LogP contribution in [0.3, 0.4) is 0 Å². The van der Waals surface area contributed by atoms with Crippen LogP contribution in [0, 0.1) is 0 Å². The second-order valence-corrected chi connectivity index (χ2v) is 8.02. The minimum Gasteiger partial charge on any atom is -0.333 e. The SMILES string of the molecule is CC(=O)N(c1ccc(Br)cc1)C1CSC(=NC2CCCC2)N1C. The number of amides is 1. The zero-order chi connectivity index (χ0) is 16.4. The minimum atomic E-state index is 0.0267. The maximum Gasteiger partial charge on any atom is 0.225 e. The summed E-state index contributed by atoms with van der Waals surface area (Å²) in [5.41, 5.74) is 0.931. The van der Waals surface area contributed by atoms with Gasteiger partial charge in [-0.25, -0.2) is 0 Å². The van der Waals surface area contributed by atoms with Crippen LogP contribution in [0.1, 0.15) is 32.6 Å². The normalized spacial score (nSPS) is 23.7. The van der Waals surface area contributed by atoms with Crippen LogP contribution in [0.25, 0.3) is 0 Å². The van der Waals surface area contributed by atoms with Crippen LogP contribution in [0.2, 0.25) is 0 Å². The van der Waals surface area contributed by atoms with Gasteiger partial charge in [0, 0.05) is 29.9 Å². The smallest absolute Gasteiger partial charge is 0.225 e. The van der Waals surface area contributed by atoms with Gasteiger partial charge in [0.15, 0.2) is 5.17 Å². The lowest BCUT2D eigenvalue weighted by Crippen LogP contribution is -2.48. The number of aliphatic imine (C=N–C) groups is 1. The number of halogens is 1. The number of anilines is 1. The van der Waals surface area contributed by atoms with Crippen molar-refractivity contribution < 1.29 is 4.79 Å². The highest BCUT2D eigenvalue weighted by atomic mass is 79.9. The summed E-state index contributed by atoms with van der Waals surface area (Å²) in [6.07, 6.45) is 5.01. The van der Waals surface area contributed by atoms with Crippen LogP contribution in [0.5, 0.6) is 0 Å². The molecule has 2 aliphatic rings. The molecule has 4 nitrogen and oxygen atoms in total. The lowest BCUT2D eigenvalue weighted by Gasteiger charge is -2.33. The molecule has 1 amide bonds. The number of benzene rings is 1. The fraction of sp³-hybridized carbons (Fsp3) is 0.529. The molecule has 1 saturated carbocycles. The Kier molecular flexibility index (Phi) is 5.31. The van der Waals surface area contributed by atoms with Crippen molar-refractivity contribution in [3.05, 3.63) is 28.7 Å². The van der Waals surface area contributed by atoms with E-state index in [-0.39, 0.29) is 12.1 Å². The zero-order valence-electron chi connectivity index (χ0n) is 13.5. The molecule has 1 saturated heterocycles. The third-order valence-electron chi connectivity index (χ3n) is 4.47. The van der Waals surface area contributed by atoms with Gasteiger partial charge in [-0.2, -0.15) is 0 Å². The molecule has 2 fully saturated rings. The summed E-state index contributed by atoms with van der Waals surface area (Å²) in [7, 11) is 2.05. The Morgan fingerprint density at radius 2 is 1.96 bits per heavy atom. The molecule has 1 aromatic rings. The summed E-state index contributed by atoms with van der Waals surface area (Å²) >= 11 is 5.21. The monoisotopic (exact) mass is 395 g/mol. The standard InChI is InChI=1S/C17H22BrN3OS/c1-12(22)21(15-9-7-13(18)8-10-15)16-11-23-17(20(16)2)19-14-5-3-4-6-14/h7-10,14,16H,3-6,11H2,1-2H3. The van der Waals surface area contributed by atoms with Crippen molar-refractivity contribution in [2.24, 2.45) is 4.99 Å². The Labute approximate surface area is 150 Å². The Bertz CT molecular complexity index is 598. The largest absolute Gasteiger partial charge is 0.333 e. The highest BCUT2D eigenvalue weighted by molar-refractivity contribution is 9.10. The summed E-state index contributed by atoms with van der Waals surface area (Å²) in [4.78, 5) is 21.2. The second kappa shape index (κ2) is 7.26. The fourth-order valence-electron chi connectivity index (χ4n) is 3.22. The summed E-state index contributed by atoms with van der Waals surface area (Å²) in [6, 6.07) is 8.38. The van der Waals surface area contributed by atoms with E-state index in [0.717, 1.165) is 21.1 Å². The zero-order valence-corrected chi connectivity index (χ0v) is 15.9. The van der Waals surface area contributed by atoms with Gasteiger partial charge in [0.25, 0.3) is 0 Å². The van der Waals surface area contributed by atoms with E-state index in [9.17, 15) is 4.79 Å². The molecule has 1 unspecified atom stereocenters. The van der Waals surface area contributed by atoms with Crippen LogP contribution in [-0.4, -0.2) is 41.0 Å². The van der Waals surface area contributed by atoms with Gasteiger partial charge in [-0.15, -0.1) is 0 Å². The van der Waals surface area contributed by atoms with Gasteiger partial charge >= 0.3 is 0 Å². The molecule has 0 N–H and O–H groups in total. The predicted octanol–water partition coefficient (Wildman–Crippen LogP) is 4.11. The Morgan fingerprint density at radius 3 is 2.57 bits per heavy atom. The van der Waals surface area contributed by atoms with Gasteiger partial charge in [0.1, 0.15) is 6.17 Å². The van der Waals surface area contributed by atoms with Crippen LogP contribution in [0.15, 0.2) is 33.7 Å². The van der Waals surface area contributed by atoms with Gasteiger partial charge in [-0.1, -0.05) is 40.5 Å². The molecule has 1 atom stereocenters. The van der Waals surface area contributed by atoms with Crippen molar-refractivity contribution in [1.29, 1.82) is 0 Å². The molecule has 3 rings (SSSR count). The molecular weight excluding hydrogens is 374 g/mol. The molecule has 6 heteroatoms. The van der Waals surface area contributed by atoms with Crippen LogP contribution in [0.4, 0.5) is 5.69 Å². The van der Waals surface area contributed by atoms with Gasteiger partial charge in [-0.3, -0.25) is 14.7 Å². The van der Waals surface area contributed by atoms with Crippen molar-refractivity contribution in [2.45, 2.75) is 44.8 Å². The third kappa shape index (κ3) is 3.74. The second-order valence-electron chi connectivity index (χ2n) is 6.12. The summed E-state index contributed by atoms with van der Waals surface area (Å²) in [5, 5.41) is 1.07. The van der Waals surface area contributed by atoms with E-state index in [1.54, 1.807) is 18.7 Å². The first-order chi connectivity index (χ1) is 11.1. The molecule has 1 heterocycles. The fourth-order valence-corrected chi connectivity index (χ4v) is 4.71. The molecular formula is C17H22BrN3OS. The summed E-state index contributed by atoms with van der Waals surface area (Å²) < 4.78 is 1.02. The number of carbonyl (C=O) groups is 1. The van der Waals surface area contributed by atoms with Gasteiger partial charge < -0.3 is 4.90 Å². The topological polar surface area (TPSA) is 35.9 Å². The Hall–Kier alpha value is -1.01. The molecule has 0 spiro atoms. The third-order valence-corrected chi connectivity index (χ3v) is 6.12. The van der Waals surface area contributed by atoms with Crippen LogP contribution < -0.4 is 4.90 Å². The van der Waals surface area contributed by atoms with Crippen molar-refractivity contribution >= 4 is 44.5 Å². The van der Waals surface area contributed by atoms with Gasteiger partial charge in [0.05, 0.1) is 6.04 Å². The predicted molar refractivity (Wildman–Crippen MR) is 101 cm³/mol. The number of nitrogens with zero attached hydrogens (tertiary/aromatic N) is 3. The number of amidine groups is 1. The van der Waals surface area contributed by atoms with Crippen LogP contribution >= 0.6 is 27.7 Å². The molecule has 1 aliphatic carbocycles. The quantitative estimate of drug-likeness (QED) is 0.772. The minimum absolute atomic E-state index is 0.0267. The number of thioether (sulfide) groups is 1. The average molecular weight is 396 g/mol. The molecule has 1 aliphatic heterocycles. The van der Waals surface area contributed by atoms with Gasteiger partial charge in [-0.05, 0) is 37.1 Å². The number of hydrogen-bond acceptors (Lipinski definition) is 3. The van der Waals surface area contributed by atoms with E-state index >= 15 is 0 Å². The Balaban J connectivity index is 1.80. The molecule has 0 aromatic heterocycles. The first-order valence-electron chi connectivity index (χ1n) is 8.05. The highest BCUT2D eigenvalue weighted by Gasteiger charge is 2.35. The summed E-state index contributed by atoms with van der Waals surface area (Å²) in [6.45, 7) is 1.63. The van der Waals surface area contributed by atoms with E-state index in [2.05, 4.69) is 20.8 Å². The number of hydrogen-bond donors (Lipinski definition) is 0. The van der Waals surface area contributed by atoms with E-state index in [1.165, 1.54) is 25.7 Å². The van der Waals surface area contributed by atoms with Crippen molar-refractivity contribution in [3.63, 3.8) is 0 Å². The van der Waals surface area contributed by atoms with Crippen molar-refractivity contribution in [1.82, 2.24) is 4.90 Å². The number of rotatable bonds is 3. The molecule has 124 valence electrons. The van der Waals surface area contributed by atoms with Gasteiger partial charge in [0.2, 0.25) is 5.91 Å². The first kappa shape index (κ1) is 16.8. The van der Waals surface area contributed by atoms with Crippen molar-refractivity contribution in [3.8, 4) is 0 Å². The Morgan fingerprint density at radius 1 is 1.30 bits per heavy atom. The van der Waals surface area contributed by atoms with E-state index in [0.29, 0.717) is 6.04 Å². The average Bonchev–Trinajstić information content (AvgIpc) is 3.14. The maximum absolute atomic E-state index is 12.3. The molecule has 23 heavy (non-hydrogen) atoms. The molecule has 0 radical (unpaired) electrons. The number of carbonyl (C=O) groups excluding carboxylic acids is 1. The summed E-state index contributed by atoms with van der Waals surface area (Å²) in [5.74, 6) is 0.921. The molecule has 1 aromatic carbocycles. The van der Waals surface area contributed by atoms with E-state index in [1.807, 2.05) is 36.2 Å². The lowest BCUT2D eigenvalue weighted by molar-refractivity contribution is -0.117. The van der Waals surface area contributed by atoms with E-state index < -0.39 is 0 Å². The van der Waals surface area contributed by atoms with Crippen LogP contribution in [-0.2, 0) is 4.79 Å².